The molecule has 0 amide bonds. The van der Waals surface area contributed by atoms with Gasteiger partial charge in [-0.1, -0.05) is 6.07 Å². The van der Waals surface area contributed by atoms with Crippen LogP contribution >= 0.6 is 0 Å². The highest BCUT2D eigenvalue weighted by molar-refractivity contribution is 5.70. The molecule has 3 aromatic rings. The minimum atomic E-state index is -0.0267. The van der Waals surface area contributed by atoms with Crippen molar-refractivity contribution >= 4 is 11.5 Å². The monoisotopic (exact) mass is 389 g/mol. The summed E-state index contributed by atoms with van der Waals surface area (Å²) in [5.74, 6) is 0.980. The molecule has 2 saturated heterocycles. The number of fused-ring (bicyclic) bond motifs is 3. The van der Waals surface area contributed by atoms with E-state index in [2.05, 4.69) is 55.1 Å². The fourth-order valence-corrected chi connectivity index (χ4v) is 4.62. The molecule has 29 heavy (non-hydrogen) atoms. The SMILES string of the molecule is Cn1cc(-c2ccc3c(c2)[C@H](c2cc(N4CC5CCC(C4)O5)ncn2)NN3)cn1. The summed E-state index contributed by atoms with van der Waals surface area (Å²) in [5, 5.41) is 4.29. The number of morpholine rings is 1. The van der Waals surface area contributed by atoms with Gasteiger partial charge in [0.25, 0.3) is 0 Å². The van der Waals surface area contributed by atoms with Crippen LogP contribution in [0.4, 0.5) is 11.5 Å². The molecular weight excluding hydrogens is 366 g/mol. The molecule has 1 aromatic carbocycles. The Bertz CT molecular complexity index is 1050. The second-order valence-corrected chi connectivity index (χ2v) is 8.07. The molecular formula is C21H23N7O. The number of nitrogens with one attached hydrogen (secondary N) is 2. The van der Waals surface area contributed by atoms with Crippen LogP contribution in [0.2, 0.25) is 0 Å². The zero-order valence-electron chi connectivity index (χ0n) is 16.2. The standard InChI is InChI=1S/C21H23N7O/c1-27-9-14(8-24-27)13-2-5-18-17(6-13)21(26-25-18)19-7-20(23-12-22-19)28-10-15-3-4-16(11-28)29-15/h2,5-9,12,15-16,21,25-26H,3-4,10-11H2,1H3/t15?,16?,21-/m1/s1. The second-order valence-electron chi connectivity index (χ2n) is 8.07. The van der Waals surface area contributed by atoms with Gasteiger partial charge in [-0.15, -0.1) is 0 Å². The van der Waals surface area contributed by atoms with Crippen molar-refractivity contribution in [2.45, 2.75) is 31.1 Å². The Morgan fingerprint density at radius 1 is 1.07 bits per heavy atom. The van der Waals surface area contributed by atoms with Gasteiger partial charge in [0.2, 0.25) is 0 Å². The first kappa shape index (κ1) is 16.9. The predicted molar refractivity (Wildman–Crippen MR) is 109 cm³/mol. The summed E-state index contributed by atoms with van der Waals surface area (Å²) < 4.78 is 7.79. The van der Waals surface area contributed by atoms with Crippen LogP contribution in [0.3, 0.4) is 0 Å². The second kappa shape index (κ2) is 6.53. The molecule has 8 nitrogen and oxygen atoms in total. The third-order valence-electron chi connectivity index (χ3n) is 6.09. The summed E-state index contributed by atoms with van der Waals surface area (Å²) in [6, 6.07) is 8.51. The molecule has 2 fully saturated rings. The van der Waals surface area contributed by atoms with E-state index in [-0.39, 0.29) is 6.04 Å². The van der Waals surface area contributed by atoms with Crippen molar-refractivity contribution in [2.75, 3.05) is 23.4 Å². The summed E-state index contributed by atoms with van der Waals surface area (Å²) in [6.45, 7) is 1.82. The van der Waals surface area contributed by atoms with Crippen molar-refractivity contribution in [1.29, 1.82) is 0 Å². The highest BCUT2D eigenvalue weighted by atomic mass is 16.5. The summed E-state index contributed by atoms with van der Waals surface area (Å²) in [6.07, 6.45) is 8.56. The van der Waals surface area contributed by atoms with Gasteiger partial charge < -0.3 is 15.1 Å². The van der Waals surface area contributed by atoms with Gasteiger partial charge in [0.15, 0.2) is 0 Å². The molecule has 5 heterocycles. The van der Waals surface area contributed by atoms with Gasteiger partial charge in [0.05, 0.1) is 35.8 Å². The Morgan fingerprint density at radius 3 is 2.72 bits per heavy atom. The molecule has 3 aliphatic heterocycles. The lowest BCUT2D eigenvalue weighted by Gasteiger charge is -2.33. The van der Waals surface area contributed by atoms with E-state index >= 15 is 0 Å². The molecule has 2 unspecified atom stereocenters. The van der Waals surface area contributed by atoms with Gasteiger partial charge in [-0.3, -0.25) is 4.68 Å². The predicted octanol–water partition coefficient (Wildman–Crippen LogP) is 2.26. The van der Waals surface area contributed by atoms with Crippen LogP contribution in [-0.2, 0) is 11.8 Å². The fraction of sp³-hybridized carbons (Fsp3) is 0.381. The first-order valence-electron chi connectivity index (χ1n) is 10.1. The maximum Gasteiger partial charge on any atom is 0.132 e. The largest absolute Gasteiger partial charge is 0.371 e. The smallest absolute Gasteiger partial charge is 0.132 e. The number of benzene rings is 1. The molecule has 148 valence electrons. The highest BCUT2D eigenvalue weighted by Crippen LogP contribution is 2.36. The van der Waals surface area contributed by atoms with Crippen molar-refractivity contribution in [3.05, 3.63) is 54.2 Å². The number of hydrazine groups is 1. The third kappa shape index (κ3) is 2.95. The highest BCUT2D eigenvalue weighted by Gasteiger charge is 2.34. The minimum absolute atomic E-state index is 0.0267. The molecule has 6 rings (SSSR count). The molecule has 3 aliphatic rings. The van der Waals surface area contributed by atoms with Crippen LogP contribution in [0.5, 0.6) is 0 Å². The number of nitrogens with zero attached hydrogens (tertiary/aromatic N) is 5. The first-order chi connectivity index (χ1) is 14.2. The van der Waals surface area contributed by atoms with Gasteiger partial charge in [-0.05, 0) is 30.5 Å². The fourth-order valence-electron chi connectivity index (χ4n) is 4.62. The van der Waals surface area contributed by atoms with Crippen LogP contribution in [0, 0.1) is 0 Å². The molecule has 3 atom stereocenters. The van der Waals surface area contributed by atoms with Crippen LogP contribution in [-0.4, -0.2) is 45.0 Å². The van der Waals surface area contributed by atoms with Gasteiger partial charge in [0.1, 0.15) is 12.1 Å². The zero-order chi connectivity index (χ0) is 19.4. The van der Waals surface area contributed by atoms with E-state index in [4.69, 9.17) is 4.74 Å². The van der Waals surface area contributed by atoms with E-state index in [1.54, 1.807) is 6.33 Å². The topological polar surface area (TPSA) is 80.1 Å². The number of hydrogen-bond acceptors (Lipinski definition) is 7. The van der Waals surface area contributed by atoms with Crippen LogP contribution in [0.25, 0.3) is 11.1 Å². The summed E-state index contributed by atoms with van der Waals surface area (Å²) in [4.78, 5) is 11.5. The average Bonchev–Trinajstić information content (AvgIpc) is 3.46. The normalized spacial score (nSPS) is 25.1. The number of aryl methyl sites for hydroxylation is 1. The zero-order valence-corrected chi connectivity index (χ0v) is 16.2. The molecule has 0 spiro atoms. The molecule has 2 aromatic heterocycles. The Morgan fingerprint density at radius 2 is 1.93 bits per heavy atom. The molecule has 0 aliphatic carbocycles. The third-order valence-corrected chi connectivity index (χ3v) is 6.09. The average molecular weight is 389 g/mol. The Hall–Kier alpha value is -2.97. The van der Waals surface area contributed by atoms with Crippen molar-refractivity contribution in [3.63, 3.8) is 0 Å². The maximum absolute atomic E-state index is 5.97. The quantitative estimate of drug-likeness (QED) is 0.711. The van der Waals surface area contributed by atoms with Crippen LogP contribution < -0.4 is 15.8 Å². The maximum atomic E-state index is 5.97. The van der Waals surface area contributed by atoms with Crippen molar-refractivity contribution < 1.29 is 4.74 Å². The van der Waals surface area contributed by atoms with E-state index in [0.717, 1.165) is 54.3 Å². The number of anilines is 2. The van der Waals surface area contributed by atoms with E-state index in [0.29, 0.717) is 12.2 Å². The lowest BCUT2D eigenvalue weighted by molar-refractivity contribution is 0.0302. The number of aromatic nitrogens is 4. The van der Waals surface area contributed by atoms with Crippen molar-refractivity contribution in [1.82, 2.24) is 25.2 Å². The van der Waals surface area contributed by atoms with Crippen molar-refractivity contribution in [3.8, 4) is 11.1 Å². The lowest BCUT2D eigenvalue weighted by Crippen LogP contribution is -2.43. The Balaban J connectivity index is 1.32. The summed E-state index contributed by atoms with van der Waals surface area (Å²) in [5.41, 5.74) is 12.1. The Labute approximate surface area is 168 Å². The van der Waals surface area contributed by atoms with Gasteiger partial charge in [0, 0.05) is 43.5 Å². The van der Waals surface area contributed by atoms with E-state index in [1.165, 1.54) is 5.56 Å². The van der Waals surface area contributed by atoms with Gasteiger partial charge in [-0.2, -0.15) is 5.10 Å². The lowest BCUT2D eigenvalue weighted by atomic mass is 9.99. The minimum Gasteiger partial charge on any atom is -0.371 e. The van der Waals surface area contributed by atoms with Gasteiger partial charge in [-0.25, -0.2) is 15.4 Å². The number of rotatable bonds is 3. The van der Waals surface area contributed by atoms with E-state index in [1.807, 2.05) is 24.1 Å². The van der Waals surface area contributed by atoms with E-state index < -0.39 is 0 Å². The summed E-state index contributed by atoms with van der Waals surface area (Å²) >= 11 is 0. The van der Waals surface area contributed by atoms with Crippen molar-refractivity contribution in [2.24, 2.45) is 7.05 Å². The molecule has 0 radical (unpaired) electrons. The first-order valence-corrected chi connectivity index (χ1v) is 10.1. The molecule has 2 N–H and O–H groups in total. The number of hydrogen-bond donors (Lipinski definition) is 2. The van der Waals surface area contributed by atoms with Crippen LogP contribution in [0.1, 0.15) is 30.1 Å². The molecule has 0 saturated carbocycles. The van der Waals surface area contributed by atoms with Gasteiger partial charge >= 0.3 is 0 Å². The molecule has 2 bridgehead atoms. The van der Waals surface area contributed by atoms with E-state index in [9.17, 15) is 0 Å². The summed E-state index contributed by atoms with van der Waals surface area (Å²) in [7, 11) is 1.93. The van der Waals surface area contributed by atoms with Crippen LogP contribution in [0.15, 0.2) is 43.0 Å². The molecule has 8 heteroatoms. The Kier molecular flexibility index (Phi) is 3.82. The number of ether oxygens (including phenoxy) is 1.